The van der Waals surface area contributed by atoms with Gasteiger partial charge in [0, 0.05) is 31.0 Å². The molecule has 1 aromatic rings. The van der Waals surface area contributed by atoms with Gasteiger partial charge in [-0.3, -0.25) is 0 Å². The molecular weight excluding hydrogens is 259 g/mol. The maximum atomic E-state index is 13.8. The molecule has 0 spiro atoms. The van der Waals surface area contributed by atoms with Crippen LogP contribution in [0.4, 0.5) is 4.39 Å². The predicted molar refractivity (Wildman–Crippen MR) is 83.1 cm³/mol. The van der Waals surface area contributed by atoms with E-state index in [0.717, 1.165) is 42.9 Å². The molecule has 1 rings (SSSR count). The maximum absolute atomic E-state index is 13.8. The Kier molecular flexibility index (Phi) is 8.10. The zero-order valence-electron chi connectivity index (χ0n) is 12.2. The molecule has 0 fully saturated rings. The molecule has 0 aliphatic heterocycles. The number of nitrogens with zero attached hydrogens (tertiary/aromatic N) is 1. The van der Waals surface area contributed by atoms with Crippen molar-refractivity contribution in [2.75, 3.05) is 32.1 Å². The van der Waals surface area contributed by atoms with Crippen LogP contribution in [0.3, 0.4) is 0 Å². The van der Waals surface area contributed by atoms with Crippen molar-refractivity contribution < 1.29 is 4.39 Å². The second-order valence-corrected chi connectivity index (χ2v) is 5.82. The zero-order chi connectivity index (χ0) is 14.1. The Morgan fingerprint density at radius 3 is 2.84 bits per heavy atom. The number of hydrogen-bond acceptors (Lipinski definition) is 3. The SMILES string of the molecule is CCCNCc1ccc(F)c(CN(C)CCSC)c1. The van der Waals surface area contributed by atoms with Gasteiger partial charge in [-0.15, -0.1) is 0 Å². The van der Waals surface area contributed by atoms with Crippen molar-refractivity contribution in [3.63, 3.8) is 0 Å². The molecule has 1 aromatic carbocycles. The summed E-state index contributed by atoms with van der Waals surface area (Å²) < 4.78 is 13.8. The van der Waals surface area contributed by atoms with Crippen LogP contribution in [0.15, 0.2) is 18.2 Å². The van der Waals surface area contributed by atoms with Gasteiger partial charge >= 0.3 is 0 Å². The highest BCUT2D eigenvalue weighted by atomic mass is 32.2. The van der Waals surface area contributed by atoms with E-state index in [9.17, 15) is 4.39 Å². The van der Waals surface area contributed by atoms with Gasteiger partial charge in [0.15, 0.2) is 0 Å². The first-order valence-electron chi connectivity index (χ1n) is 6.82. The molecule has 0 unspecified atom stereocenters. The summed E-state index contributed by atoms with van der Waals surface area (Å²) in [6, 6.07) is 5.43. The topological polar surface area (TPSA) is 15.3 Å². The average molecular weight is 284 g/mol. The lowest BCUT2D eigenvalue weighted by molar-refractivity contribution is 0.342. The molecule has 0 heterocycles. The summed E-state index contributed by atoms with van der Waals surface area (Å²) in [5.74, 6) is 0.978. The highest BCUT2D eigenvalue weighted by molar-refractivity contribution is 7.98. The Hall–Kier alpha value is -0.580. The second-order valence-electron chi connectivity index (χ2n) is 4.83. The first-order valence-corrected chi connectivity index (χ1v) is 8.22. The van der Waals surface area contributed by atoms with Gasteiger partial charge in [-0.1, -0.05) is 19.1 Å². The maximum Gasteiger partial charge on any atom is 0.127 e. The molecule has 0 aromatic heterocycles. The van der Waals surface area contributed by atoms with E-state index < -0.39 is 0 Å². The van der Waals surface area contributed by atoms with E-state index in [-0.39, 0.29) is 5.82 Å². The van der Waals surface area contributed by atoms with Gasteiger partial charge < -0.3 is 10.2 Å². The first kappa shape index (κ1) is 16.5. The van der Waals surface area contributed by atoms with Gasteiger partial charge in [0.1, 0.15) is 5.82 Å². The second kappa shape index (κ2) is 9.34. The Labute approximate surface area is 120 Å². The summed E-state index contributed by atoms with van der Waals surface area (Å²) in [4.78, 5) is 2.16. The number of rotatable bonds is 9. The lowest BCUT2D eigenvalue weighted by Gasteiger charge is -2.17. The molecule has 2 nitrogen and oxygen atoms in total. The van der Waals surface area contributed by atoms with Crippen LogP contribution in [0.5, 0.6) is 0 Å². The van der Waals surface area contributed by atoms with Crippen molar-refractivity contribution >= 4 is 11.8 Å². The van der Waals surface area contributed by atoms with Crippen LogP contribution in [0.25, 0.3) is 0 Å². The Morgan fingerprint density at radius 1 is 1.37 bits per heavy atom. The molecule has 1 N–H and O–H groups in total. The molecule has 0 aliphatic rings. The van der Waals surface area contributed by atoms with E-state index in [1.807, 2.05) is 30.9 Å². The third-order valence-corrected chi connectivity index (χ3v) is 3.57. The van der Waals surface area contributed by atoms with Crippen LogP contribution in [-0.2, 0) is 13.1 Å². The molecule has 4 heteroatoms. The molecule has 19 heavy (non-hydrogen) atoms. The minimum Gasteiger partial charge on any atom is -0.313 e. The Morgan fingerprint density at radius 2 is 2.16 bits per heavy atom. The summed E-state index contributed by atoms with van der Waals surface area (Å²) >= 11 is 1.82. The van der Waals surface area contributed by atoms with Crippen LogP contribution >= 0.6 is 11.8 Å². The number of thioether (sulfide) groups is 1. The molecule has 0 saturated carbocycles. The molecular formula is C15H25FN2S. The minimum atomic E-state index is -0.102. The van der Waals surface area contributed by atoms with E-state index in [0.29, 0.717) is 6.54 Å². The third kappa shape index (κ3) is 6.41. The van der Waals surface area contributed by atoms with Gasteiger partial charge in [-0.05, 0) is 37.9 Å². The van der Waals surface area contributed by atoms with Gasteiger partial charge in [-0.25, -0.2) is 4.39 Å². The molecule has 0 amide bonds. The van der Waals surface area contributed by atoms with Crippen LogP contribution in [0.2, 0.25) is 0 Å². The van der Waals surface area contributed by atoms with Crippen LogP contribution in [-0.4, -0.2) is 37.0 Å². The van der Waals surface area contributed by atoms with Gasteiger partial charge in [-0.2, -0.15) is 11.8 Å². The van der Waals surface area contributed by atoms with Crippen molar-refractivity contribution in [1.82, 2.24) is 10.2 Å². The highest BCUT2D eigenvalue weighted by Crippen LogP contribution is 2.13. The van der Waals surface area contributed by atoms with Crippen molar-refractivity contribution in [3.05, 3.63) is 35.1 Å². The monoisotopic (exact) mass is 284 g/mol. The number of benzene rings is 1. The fraction of sp³-hybridized carbons (Fsp3) is 0.600. The van der Waals surface area contributed by atoms with Crippen LogP contribution in [0.1, 0.15) is 24.5 Å². The van der Waals surface area contributed by atoms with Gasteiger partial charge in [0.2, 0.25) is 0 Å². The fourth-order valence-electron chi connectivity index (χ4n) is 1.89. The fourth-order valence-corrected chi connectivity index (χ4v) is 2.38. The van der Waals surface area contributed by atoms with E-state index >= 15 is 0 Å². The summed E-state index contributed by atoms with van der Waals surface area (Å²) in [5.41, 5.74) is 1.95. The molecule has 0 aliphatic carbocycles. The third-order valence-electron chi connectivity index (χ3n) is 2.98. The quantitative estimate of drug-likeness (QED) is 0.701. The summed E-state index contributed by atoms with van der Waals surface area (Å²) in [6.07, 6.45) is 3.21. The van der Waals surface area contributed by atoms with E-state index in [1.54, 1.807) is 6.07 Å². The number of halogens is 1. The van der Waals surface area contributed by atoms with E-state index in [4.69, 9.17) is 0 Å². The van der Waals surface area contributed by atoms with Crippen molar-refractivity contribution in [2.24, 2.45) is 0 Å². The molecule has 108 valence electrons. The molecule has 0 radical (unpaired) electrons. The van der Waals surface area contributed by atoms with Gasteiger partial charge in [0.05, 0.1) is 0 Å². The summed E-state index contributed by atoms with van der Waals surface area (Å²) in [7, 11) is 2.04. The number of nitrogens with one attached hydrogen (secondary N) is 1. The lowest BCUT2D eigenvalue weighted by atomic mass is 10.1. The Balaban J connectivity index is 2.58. The van der Waals surface area contributed by atoms with Crippen LogP contribution < -0.4 is 5.32 Å². The van der Waals surface area contributed by atoms with Gasteiger partial charge in [0.25, 0.3) is 0 Å². The summed E-state index contributed by atoms with van der Waals surface area (Å²) in [5, 5.41) is 3.35. The average Bonchev–Trinajstić information content (AvgIpc) is 2.40. The van der Waals surface area contributed by atoms with Crippen molar-refractivity contribution in [1.29, 1.82) is 0 Å². The van der Waals surface area contributed by atoms with Crippen molar-refractivity contribution in [3.8, 4) is 0 Å². The largest absolute Gasteiger partial charge is 0.313 e. The first-order chi connectivity index (χ1) is 9.17. The zero-order valence-corrected chi connectivity index (χ0v) is 13.0. The van der Waals surface area contributed by atoms with E-state index in [1.165, 1.54) is 0 Å². The van der Waals surface area contributed by atoms with Crippen molar-refractivity contribution in [2.45, 2.75) is 26.4 Å². The minimum absolute atomic E-state index is 0.102. The standard InChI is InChI=1S/C15H25FN2S/c1-4-7-17-11-13-5-6-15(16)14(10-13)12-18(2)8-9-19-3/h5-6,10,17H,4,7-9,11-12H2,1-3H3. The summed E-state index contributed by atoms with van der Waals surface area (Å²) in [6.45, 7) is 5.62. The molecule has 0 atom stereocenters. The molecule has 0 bridgehead atoms. The molecule has 0 saturated heterocycles. The number of hydrogen-bond donors (Lipinski definition) is 1. The normalized spacial score (nSPS) is 11.2. The van der Waals surface area contributed by atoms with E-state index in [2.05, 4.69) is 23.4 Å². The Bertz CT molecular complexity index is 371. The van der Waals surface area contributed by atoms with Crippen LogP contribution in [0, 0.1) is 5.82 Å². The smallest absolute Gasteiger partial charge is 0.127 e. The predicted octanol–water partition coefficient (Wildman–Crippen LogP) is 3.12. The highest BCUT2D eigenvalue weighted by Gasteiger charge is 2.07. The lowest BCUT2D eigenvalue weighted by Crippen LogP contribution is -2.21.